The van der Waals surface area contributed by atoms with Crippen LogP contribution in [0.3, 0.4) is 0 Å². The van der Waals surface area contributed by atoms with Gasteiger partial charge in [0.25, 0.3) is 0 Å². The van der Waals surface area contributed by atoms with Crippen molar-refractivity contribution in [3.05, 3.63) is 29.3 Å². The summed E-state index contributed by atoms with van der Waals surface area (Å²) in [4.78, 5) is 4.46. The van der Waals surface area contributed by atoms with Gasteiger partial charge in [-0.05, 0) is 37.5 Å². The zero-order valence-electron chi connectivity index (χ0n) is 15.6. The van der Waals surface area contributed by atoms with Gasteiger partial charge < -0.3 is 10.6 Å². The van der Waals surface area contributed by atoms with Crippen molar-refractivity contribution >= 4 is 40.0 Å². The molecule has 0 spiro atoms. The Morgan fingerprint density at radius 1 is 1.08 bits per heavy atom. The van der Waals surface area contributed by atoms with Gasteiger partial charge in [0.15, 0.2) is 5.96 Å². The minimum Gasteiger partial charge on any atom is -0.356 e. The number of guanidine groups is 1. The zero-order chi connectivity index (χ0) is 18.0. The number of unbranched alkanes of at least 4 members (excludes halogenated alkanes) is 2. The van der Waals surface area contributed by atoms with Crippen molar-refractivity contribution in [2.24, 2.45) is 4.99 Å². The molecule has 8 heteroatoms. The van der Waals surface area contributed by atoms with E-state index in [2.05, 4.69) is 27.3 Å². The van der Waals surface area contributed by atoms with E-state index in [0.717, 1.165) is 24.1 Å². The predicted molar refractivity (Wildman–Crippen MR) is 115 cm³/mol. The number of halogens is 1. The molecule has 0 aromatic heterocycles. The van der Waals surface area contributed by atoms with Crippen molar-refractivity contribution in [1.29, 1.82) is 0 Å². The number of sulfonamides is 1. The first kappa shape index (κ1) is 24.1. The van der Waals surface area contributed by atoms with Gasteiger partial charge in [0, 0.05) is 26.7 Å². The highest BCUT2D eigenvalue weighted by Crippen LogP contribution is 2.16. The highest BCUT2D eigenvalue weighted by molar-refractivity contribution is 14.0. The Morgan fingerprint density at radius 2 is 1.76 bits per heavy atom. The number of nitrogens with one attached hydrogen (secondary N) is 3. The van der Waals surface area contributed by atoms with E-state index < -0.39 is 10.0 Å². The van der Waals surface area contributed by atoms with Gasteiger partial charge in [0.1, 0.15) is 0 Å². The zero-order valence-corrected chi connectivity index (χ0v) is 18.7. The SMILES string of the molecule is CCCCCNC(=NC)NCCNS(=O)(=O)c1cc(C)ccc1C.I. The highest BCUT2D eigenvalue weighted by atomic mass is 127. The van der Waals surface area contributed by atoms with E-state index in [4.69, 9.17) is 0 Å². The van der Waals surface area contributed by atoms with Gasteiger partial charge in [0.05, 0.1) is 4.90 Å². The van der Waals surface area contributed by atoms with Gasteiger partial charge in [-0.15, -0.1) is 24.0 Å². The first-order valence-electron chi connectivity index (χ1n) is 8.42. The number of hydrogen-bond donors (Lipinski definition) is 3. The van der Waals surface area contributed by atoms with E-state index in [1.807, 2.05) is 19.1 Å². The van der Waals surface area contributed by atoms with Gasteiger partial charge in [-0.25, -0.2) is 13.1 Å². The number of aliphatic imine (C=N–C) groups is 1. The lowest BCUT2D eigenvalue weighted by Gasteiger charge is -2.13. The predicted octanol–water partition coefficient (Wildman–Crippen LogP) is 2.55. The first-order valence-corrected chi connectivity index (χ1v) is 9.90. The molecule has 0 radical (unpaired) electrons. The van der Waals surface area contributed by atoms with Gasteiger partial charge >= 0.3 is 0 Å². The van der Waals surface area contributed by atoms with Crippen molar-refractivity contribution in [3.63, 3.8) is 0 Å². The summed E-state index contributed by atoms with van der Waals surface area (Å²) >= 11 is 0. The molecule has 3 N–H and O–H groups in total. The van der Waals surface area contributed by atoms with Crippen molar-refractivity contribution in [3.8, 4) is 0 Å². The molecule has 25 heavy (non-hydrogen) atoms. The summed E-state index contributed by atoms with van der Waals surface area (Å²) in [5.74, 6) is 0.692. The molecule has 6 nitrogen and oxygen atoms in total. The fourth-order valence-electron chi connectivity index (χ4n) is 2.24. The maximum atomic E-state index is 12.4. The first-order chi connectivity index (χ1) is 11.4. The Bertz CT molecular complexity index is 648. The molecular formula is C17H31IN4O2S. The third-order valence-corrected chi connectivity index (χ3v) is 5.24. The van der Waals surface area contributed by atoms with Gasteiger partial charge in [-0.1, -0.05) is 31.9 Å². The Morgan fingerprint density at radius 3 is 2.40 bits per heavy atom. The number of benzene rings is 1. The standard InChI is InChI=1S/C17H30N4O2S.HI/c1-5-6-7-10-19-17(18-4)20-11-12-21-24(22,23)16-13-14(2)8-9-15(16)3;/h8-9,13,21H,5-7,10-12H2,1-4H3,(H2,18,19,20);1H. The van der Waals surface area contributed by atoms with Crippen molar-refractivity contribution in [1.82, 2.24) is 15.4 Å². The number of hydrogen-bond acceptors (Lipinski definition) is 3. The lowest BCUT2D eigenvalue weighted by Crippen LogP contribution is -2.41. The molecule has 1 aromatic carbocycles. The van der Waals surface area contributed by atoms with Crippen LogP contribution in [0.2, 0.25) is 0 Å². The van der Waals surface area contributed by atoms with E-state index in [9.17, 15) is 8.42 Å². The molecule has 0 aliphatic heterocycles. The maximum Gasteiger partial charge on any atom is 0.240 e. The molecular weight excluding hydrogens is 451 g/mol. The van der Waals surface area contributed by atoms with Crippen LogP contribution in [0.25, 0.3) is 0 Å². The van der Waals surface area contributed by atoms with E-state index in [0.29, 0.717) is 23.9 Å². The Balaban J connectivity index is 0.00000576. The van der Waals surface area contributed by atoms with Crippen LogP contribution >= 0.6 is 24.0 Å². The summed E-state index contributed by atoms with van der Waals surface area (Å²) in [5, 5.41) is 6.32. The van der Waals surface area contributed by atoms with E-state index in [1.54, 1.807) is 20.0 Å². The normalized spacial score (nSPS) is 11.8. The van der Waals surface area contributed by atoms with E-state index in [1.165, 1.54) is 12.8 Å². The molecule has 0 aliphatic rings. The van der Waals surface area contributed by atoms with Crippen molar-refractivity contribution in [2.75, 3.05) is 26.7 Å². The average molecular weight is 482 g/mol. The van der Waals surface area contributed by atoms with Crippen LogP contribution in [-0.2, 0) is 10.0 Å². The highest BCUT2D eigenvalue weighted by Gasteiger charge is 2.16. The third kappa shape index (κ3) is 8.87. The minimum atomic E-state index is -3.49. The molecule has 0 saturated heterocycles. The summed E-state index contributed by atoms with van der Waals surface area (Å²) in [6, 6.07) is 5.42. The number of aryl methyl sites for hydroxylation is 2. The maximum absolute atomic E-state index is 12.4. The third-order valence-electron chi connectivity index (χ3n) is 3.64. The van der Waals surface area contributed by atoms with Gasteiger partial charge in [-0.3, -0.25) is 4.99 Å². The summed E-state index contributed by atoms with van der Waals surface area (Å²) in [6.07, 6.45) is 3.45. The molecule has 0 atom stereocenters. The van der Waals surface area contributed by atoms with Crippen LogP contribution in [0, 0.1) is 13.8 Å². The molecule has 0 aliphatic carbocycles. The Hall–Kier alpha value is -0.870. The van der Waals surface area contributed by atoms with E-state index >= 15 is 0 Å². The molecule has 0 amide bonds. The fourth-order valence-corrected chi connectivity index (χ4v) is 3.60. The summed E-state index contributed by atoms with van der Waals surface area (Å²) in [5.41, 5.74) is 1.67. The second-order valence-electron chi connectivity index (χ2n) is 5.80. The molecule has 0 heterocycles. The quantitative estimate of drug-likeness (QED) is 0.219. The molecule has 1 aromatic rings. The monoisotopic (exact) mass is 482 g/mol. The van der Waals surface area contributed by atoms with Crippen LogP contribution < -0.4 is 15.4 Å². The van der Waals surface area contributed by atoms with Crippen LogP contribution in [-0.4, -0.2) is 41.1 Å². The fraction of sp³-hybridized carbons (Fsp3) is 0.588. The second-order valence-corrected chi connectivity index (χ2v) is 7.53. The van der Waals surface area contributed by atoms with Crippen LogP contribution in [0.4, 0.5) is 0 Å². The lowest BCUT2D eigenvalue weighted by atomic mass is 10.2. The molecule has 1 rings (SSSR count). The lowest BCUT2D eigenvalue weighted by molar-refractivity contribution is 0.579. The minimum absolute atomic E-state index is 0. The topological polar surface area (TPSA) is 82.6 Å². The molecule has 0 fully saturated rings. The Labute approximate surface area is 169 Å². The number of nitrogens with zero attached hydrogens (tertiary/aromatic N) is 1. The molecule has 144 valence electrons. The Kier molecular flexibility index (Phi) is 12.0. The largest absolute Gasteiger partial charge is 0.356 e. The molecule has 0 bridgehead atoms. The van der Waals surface area contributed by atoms with Crippen LogP contribution in [0.1, 0.15) is 37.3 Å². The molecule has 0 unspecified atom stereocenters. The van der Waals surface area contributed by atoms with Crippen LogP contribution in [0.5, 0.6) is 0 Å². The summed E-state index contributed by atoms with van der Waals surface area (Å²) < 4.78 is 27.4. The second kappa shape index (κ2) is 12.5. The number of rotatable bonds is 9. The van der Waals surface area contributed by atoms with Crippen molar-refractivity contribution in [2.45, 2.75) is 44.9 Å². The summed E-state index contributed by atoms with van der Waals surface area (Å²) in [7, 11) is -1.79. The average Bonchev–Trinajstić information content (AvgIpc) is 2.55. The van der Waals surface area contributed by atoms with Crippen LogP contribution in [0.15, 0.2) is 28.1 Å². The van der Waals surface area contributed by atoms with Gasteiger partial charge in [0.2, 0.25) is 10.0 Å². The molecule has 0 saturated carbocycles. The smallest absolute Gasteiger partial charge is 0.240 e. The van der Waals surface area contributed by atoms with E-state index in [-0.39, 0.29) is 24.0 Å². The summed E-state index contributed by atoms with van der Waals surface area (Å²) in [6.45, 7) is 7.47. The van der Waals surface area contributed by atoms with Crippen molar-refractivity contribution < 1.29 is 8.42 Å². The van der Waals surface area contributed by atoms with Gasteiger partial charge in [-0.2, -0.15) is 0 Å².